The maximum atomic E-state index is 9.48. The molecule has 6 heteroatoms. The number of rotatable bonds is 3. The van der Waals surface area contributed by atoms with Gasteiger partial charge in [-0.25, -0.2) is 0 Å². The van der Waals surface area contributed by atoms with Gasteiger partial charge in [0, 0.05) is 17.0 Å². The Morgan fingerprint density at radius 3 is 2.48 bits per heavy atom. The van der Waals surface area contributed by atoms with E-state index in [1.807, 2.05) is 12.1 Å². The number of aromatic nitrogens is 2. The van der Waals surface area contributed by atoms with E-state index in [0.29, 0.717) is 22.8 Å². The quantitative estimate of drug-likeness (QED) is 0.725. The third kappa shape index (κ3) is 2.98. The largest absolute Gasteiger partial charge is 0.504 e. The van der Waals surface area contributed by atoms with E-state index in [4.69, 9.17) is 16.1 Å². The highest BCUT2D eigenvalue weighted by atomic mass is 35.5. The van der Waals surface area contributed by atoms with Crippen LogP contribution in [0.15, 0.2) is 47.0 Å². The van der Waals surface area contributed by atoms with Gasteiger partial charge in [-0.3, -0.25) is 0 Å². The minimum atomic E-state index is -0.232. The number of nitrogens with zero attached hydrogens (tertiary/aromatic N) is 2. The molecule has 0 atom stereocenters. The second-order valence-corrected chi connectivity index (χ2v) is 4.96. The Kier molecular flexibility index (Phi) is 3.50. The van der Waals surface area contributed by atoms with E-state index in [1.54, 1.807) is 18.2 Å². The molecular formula is C15H11ClN2O3. The zero-order valence-electron chi connectivity index (χ0n) is 10.8. The number of hydrogen-bond acceptors (Lipinski definition) is 5. The highest BCUT2D eigenvalue weighted by Gasteiger charge is 2.11. The van der Waals surface area contributed by atoms with Crippen molar-refractivity contribution in [3.63, 3.8) is 0 Å². The van der Waals surface area contributed by atoms with E-state index in [9.17, 15) is 10.2 Å². The van der Waals surface area contributed by atoms with Crippen molar-refractivity contribution in [1.82, 2.24) is 10.1 Å². The predicted octanol–water partition coefficient (Wildman–Crippen LogP) is 3.39. The van der Waals surface area contributed by atoms with Crippen LogP contribution < -0.4 is 0 Å². The standard InChI is InChI=1S/C15H11ClN2O3/c16-11-4-1-9(2-5-11)7-14-17-15(21-18-14)10-3-6-12(19)13(20)8-10/h1-6,8,19-20H,7H2. The van der Waals surface area contributed by atoms with Crippen molar-refractivity contribution < 1.29 is 14.7 Å². The van der Waals surface area contributed by atoms with Crippen LogP contribution in [-0.2, 0) is 6.42 Å². The van der Waals surface area contributed by atoms with Crippen LogP contribution >= 0.6 is 11.6 Å². The van der Waals surface area contributed by atoms with Crippen molar-refractivity contribution in [1.29, 1.82) is 0 Å². The fraction of sp³-hybridized carbons (Fsp3) is 0.0667. The highest BCUT2D eigenvalue weighted by Crippen LogP contribution is 2.29. The third-order valence-corrected chi connectivity index (χ3v) is 3.22. The molecule has 1 aromatic heterocycles. The molecule has 106 valence electrons. The SMILES string of the molecule is Oc1ccc(-c2nc(Cc3ccc(Cl)cc3)no2)cc1O. The number of benzene rings is 2. The fourth-order valence-corrected chi connectivity index (χ4v) is 2.01. The summed E-state index contributed by atoms with van der Waals surface area (Å²) >= 11 is 5.83. The molecule has 21 heavy (non-hydrogen) atoms. The van der Waals surface area contributed by atoms with Crippen LogP contribution in [0.5, 0.6) is 11.5 Å². The number of phenolic OH excluding ortho intramolecular Hbond substituents is 2. The molecule has 0 saturated heterocycles. The summed E-state index contributed by atoms with van der Waals surface area (Å²) in [7, 11) is 0. The molecule has 5 nitrogen and oxygen atoms in total. The van der Waals surface area contributed by atoms with E-state index in [0.717, 1.165) is 5.56 Å². The lowest BCUT2D eigenvalue weighted by Crippen LogP contribution is -1.90. The summed E-state index contributed by atoms with van der Waals surface area (Å²) in [6.45, 7) is 0. The van der Waals surface area contributed by atoms with Crippen molar-refractivity contribution in [3.05, 3.63) is 58.9 Å². The van der Waals surface area contributed by atoms with Crippen LogP contribution in [0.4, 0.5) is 0 Å². The maximum absolute atomic E-state index is 9.48. The van der Waals surface area contributed by atoms with E-state index in [-0.39, 0.29) is 17.4 Å². The molecule has 0 aliphatic heterocycles. The van der Waals surface area contributed by atoms with Crippen molar-refractivity contribution in [2.45, 2.75) is 6.42 Å². The number of phenols is 2. The Hall–Kier alpha value is -2.53. The van der Waals surface area contributed by atoms with Gasteiger partial charge in [0.15, 0.2) is 17.3 Å². The second-order valence-electron chi connectivity index (χ2n) is 4.52. The lowest BCUT2D eigenvalue weighted by molar-refractivity contribution is 0.402. The van der Waals surface area contributed by atoms with Gasteiger partial charge in [0.25, 0.3) is 5.89 Å². The summed E-state index contributed by atoms with van der Waals surface area (Å²) in [6, 6.07) is 11.7. The molecule has 2 N–H and O–H groups in total. The van der Waals surface area contributed by atoms with Crippen molar-refractivity contribution in [2.75, 3.05) is 0 Å². The first kappa shape index (κ1) is 13.5. The van der Waals surface area contributed by atoms with Crippen LogP contribution in [0, 0.1) is 0 Å². The molecule has 0 radical (unpaired) electrons. The molecular weight excluding hydrogens is 292 g/mol. The van der Waals surface area contributed by atoms with E-state index >= 15 is 0 Å². The van der Waals surface area contributed by atoms with E-state index < -0.39 is 0 Å². The zero-order chi connectivity index (χ0) is 14.8. The van der Waals surface area contributed by atoms with Crippen molar-refractivity contribution >= 4 is 11.6 Å². The first-order valence-electron chi connectivity index (χ1n) is 6.21. The van der Waals surface area contributed by atoms with E-state index in [1.165, 1.54) is 12.1 Å². The number of aromatic hydroxyl groups is 2. The predicted molar refractivity (Wildman–Crippen MR) is 77.3 cm³/mol. The lowest BCUT2D eigenvalue weighted by Gasteiger charge is -1.98. The Balaban J connectivity index is 1.82. The van der Waals surface area contributed by atoms with Gasteiger partial charge in [-0.05, 0) is 35.9 Å². The van der Waals surface area contributed by atoms with E-state index in [2.05, 4.69) is 10.1 Å². The lowest BCUT2D eigenvalue weighted by atomic mass is 10.1. The van der Waals surface area contributed by atoms with Gasteiger partial charge in [0.1, 0.15) is 0 Å². The van der Waals surface area contributed by atoms with Gasteiger partial charge < -0.3 is 14.7 Å². The number of halogens is 1. The molecule has 0 fully saturated rings. The molecule has 0 aliphatic carbocycles. The average Bonchev–Trinajstić information content (AvgIpc) is 2.93. The monoisotopic (exact) mass is 302 g/mol. The summed E-state index contributed by atoms with van der Waals surface area (Å²) in [6.07, 6.45) is 0.519. The molecule has 0 aliphatic rings. The molecule has 0 spiro atoms. The first-order valence-corrected chi connectivity index (χ1v) is 6.59. The van der Waals surface area contributed by atoms with Gasteiger partial charge in [0.05, 0.1) is 0 Å². The first-order chi connectivity index (χ1) is 10.1. The third-order valence-electron chi connectivity index (χ3n) is 2.97. The highest BCUT2D eigenvalue weighted by molar-refractivity contribution is 6.30. The molecule has 0 bridgehead atoms. The summed E-state index contributed by atoms with van der Waals surface area (Å²) in [5.41, 5.74) is 1.56. The van der Waals surface area contributed by atoms with Crippen LogP contribution in [0.2, 0.25) is 5.02 Å². The molecule has 1 heterocycles. The second kappa shape index (κ2) is 5.46. The van der Waals surface area contributed by atoms with Gasteiger partial charge in [0.2, 0.25) is 0 Å². The summed E-state index contributed by atoms with van der Waals surface area (Å²) in [5.74, 6) is 0.388. The topological polar surface area (TPSA) is 79.4 Å². The molecule has 2 aromatic carbocycles. The summed E-state index contributed by atoms with van der Waals surface area (Å²) in [5, 5.41) is 23.3. The molecule has 0 unspecified atom stereocenters. The normalized spacial score (nSPS) is 10.7. The Labute approximate surface area is 125 Å². The van der Waals surface area contributed by atoms with Gasteiger partial charge in [-0.1, -0.05) is 28.9 Å². The van der Waals surface area contributed by atoms with Gasteiger partial charge >= 0.3 is 0 Å². The molecule has 3 aromatic rings. The number of hydrogen-bond donors (Lipinski definition) is 2. The summed E-state index contributed by atoms with van der Waals surface area (Å²) in [4.78, 5) is 4.27. The van der Waals surface area contributed by atoms with Crippen molar-refractivity contribution in [3.8, 4) is 23.0 Å². The molecule has 0 amide bonds. The van der Waals surface area contributed by atoms with Crippen LogP contribution in [-0.4, -0.2) is 20.4 Å². The average molecular weight is 303 g/mol. The zero-order valence-corrected chi connectivity index (χ0v) is 11.6. The van der Waals surface area contributed by atoms with Gasteiger partial charge in [-0.2, -0.15) is 4.98 Å². The minimum Gasteiger partial charge on any atom is -0.504 e. The Morgan fingerprint density at radius 2 is 1.76 bits per heavy atom. The summed E-state index contributed by atoms with van der Waals surface area (Å²) < 4.78 is 5.16. The molecule has 0 saturated carbocycles. The Morgan fingerprint density at radius 1 is 1.00 bits per heavy atom. The Bertz CT molecular complexity index is 769. The molecule has 3 rings (SSSR count). The van der Waals surface area contributed by atoms with Gasteiger partial charge in [-0.15, -0.1) is 0 Å². The van der Waals surface area contributed by atoms with Crippen LogP contribution in [0.3, 0.4) is 0 Å². The van der Waals surface area contributed by atoms with Crippen molar-refractivity contribution in [2.24, 2.45) is 0 Å². The van der Waals surface area contributed by atoms with Crippen LogP contribution in [0.1, 0.15) is 11.4 Å². The van der Waals surface area contributed by atoms with Crippen LogP contribution in [0.25, 0.3) is 11.5 Å². The minimum absolute atomic E-state index is 0.195. The fourth-order valence-electron chi connectivity index (χ4n) is 1.88. The maximum Gasteiger partial charge on any atom is 0.258 e. The smallest absolute Gasteiger partial charge is 0.258 e.